The molecule has 0 aliphatic heterocycles. The molecule has 0 heterocycles. The summed E-state index contributed by atoms with van der Waals surface area (Å²) in [6.45, 7) is 2.21. The molecule has 0 atom stereocenters. The Hall–Kier alpha value is -2.34. The molecule has 1 amide bonds. The summed E-state index contributed by atoms with van der Waals surface area (Å²) in [6.07, 6.45) is 5.54. The first-order valence-corrected chi connectivity index (χ1v) is 10.9. The number of hydrogen-bond acceptors (Lipinski definition) is 3. The van der Waals surface area contributed by atoms with Crippen LogP contribution in [0.15, 0.2) is 59.5 Å². The van der Waals surface area contributed by atoms with E-state index in [0.717, 1.165) is 31.6 Å². The molecule has 0 bridgehead atoms. The van der Waals surface area contributed by atoms with Crippen molar-refractivity contribution >= 4 is 21.6 Å². The molecule has 5 nitrogen and oxygen atoms in total. The summed E-state index contributed by atoms with van der Waals surface area (Å²) >= 11 is 0. The Morgan fingerprint density at radius 1 is 0.963 bits per heavy atom. The summed E-state index contributed by atoms with van der Waals surface area (Å²) < 4.78 is 27.4. The minimum Gasteiger partial charge on any atom is -0.349 e. The Labute approximate surface area is 161 Å². The second kappa shape index (κ2) is 8.57. The fourth-order valence-corrected chi connectivity index (χ4v) is 4.55. The molecule has 2 N–H and O–H groups in total. The zero-order valence-electron chi connectivity index (χ0n) is 15.5. The van der Waals surface area contributed by atoms with Gasteiger partial charge >= 0.3 is 0 Å². The summed E-state index contributed by atoms with van der Waals surface area (Å²) in [6, 6.07) is 15.0. The van der Waals surface area contributed by atoms with E-state index in [-0.39, 0.29) is 16.8 Å². The number of anilines is 1. The molecular formula is C21H26N2O3S. The molecule has 3 rings (SSSR count). The number of para-hydroxylation sites is 1. The molecule has 1 saturated carbocycles. The van der Waals surface area contributed by atoms with Crippen molar-refractivity contribution in [2.24, 2.45) is 5.92 Å². The van der Waals surface area contributed by atoms with E-state index in [4.69, 9.17) is 0 Å². The van der Waals surface area contributed by atoms with Crippen LogP contribution in [0.3, 0.4) is 0 Å². The topological polar surface area (TPSA) is 75.3 Å². The van der Waals surface area contributed by atoms with Crippen LogP contribution < -0.4 is 10.0 Å². The lowest BCUT2D eigenvalue weighted by Crippen LogP contribution is -2.37. The molecule has 1 aliphatic carbocycles. The number of benzene rings is 2. The van der Waals surface area contributed by atoms with E-state index in [9.17, 15) is 13.2 Å². The van der Waals surface area contributed by atoms with Crippen LogP contribution in [-0.2, 0) is 10.0 Å². The zero-order valence-corrected chi connectivity index (χ0v) is 16.3. The Morgan fingerprint density at radius 3 is 2.19 bits per heavy atom. The third kappa shape index (κ3) is 5.10. The van der Waals surface area contributed by atoms with Crippen molar-refractivity contribution in [3.63, 3.8) is 0 Å². The number of sulfonamides is 1. The summed E-state index contributed by atoms with van der Waals surface area (Å²) in [5, 5.41) is 3.07. The van der Waals surface area contributed by atoms with Crippen LogP contribution in [0.5, 0.6) is 0 Å². The normalized spacial score (nSPS) is 20.0. The van der Waals surface area contributed by atoms with Crippen molar-refractivity contribution in [1.29, 1.82) is 0 Å². The van der Waals surface area contributed by atoms with Crippen molar-refractivity contribution < 1.29 is 13.2 Å². The maximum absolute atomic E-state index is 12.4. The van der Waals surface area contributed by atoms with Gasteiger partial charge in [0.1, 0.15) is 0 Å². The summed E-state index contributed by atoms with van der Waals surface area (Å²) in [5.41, 5.74) is 0.980. The van der Waals surface area contributed by atoms with E-state index in [1.807, 2.05) is 6.07 Å². The van der Waals surface area contributed by atoms with Gasteiger partial charge in [0.25, 0.3) is 15.9 Å². The van der Waals surface area contributed by atoms with Gasteiger partial charge in [0.15, 0.2) is 0 Å². The van der Waals surface area contributed by atoms with Crippen LogP contribution >= 0.6 is 0 Å². The van der Waals surface area contributed by atoms with Crippen LogP contribution in [0.1, 0.15) is 49.4 Å². The van der Waals surface area contributed by atoms with Crippen molar-refractivity contribution in [2.75, 3.05) is 4.72 Å². The van der Waals surface area contributed by atoms with Gasteiger partial charge < -0.3 is 5.32 Å². The molecule has 0 radical (unpaired) electrons. The largest absolute Gasteiger partial charge is 0.349 e. The molecular weight excluding hydrogens is 360 g/mol. The number of rotatable bonds is 6. The SMILES string of the molecule is CCC1CCC(NC(=O)c2ccc(S(=O)(=O)Nc3ccccc3)cc2)CC1. The summed E-state index contributed by atoms with van der Waals surface area (Å²) in [5.74, 6) is 0.634. The average Bonchev–Trinajstić information content (AvgIpc) is 2.69. The van der Waals surface area contributed by atoms with Crippen LogP contribution in [0.2, 0.25) is 0 Å². The van der Waals surface area contributed by atoms with Gasteiger partial charge in [-0.2, -0.15) is 0 Å². The van der Waals surface area contributed by atoms with Gasteiger partial charge in [0, 0.05) is 17.3 Å². The number of amides is 1. The molecule has 2 aromatic rings. The molecule has 0 unspecified atom stereocenters. The monoisotopic (exact) mass is 386 g/mol. The van der Waals surface area contributed by atoms with Crippen LogP contribution in [-0.4, -0.2) is 20.4 Å². The second-order valence-electron chi connectivity index (χ2n) is 7.10. The third-order valence-corrected chi connectivity index (χ3v) is 6.61. The van der Waals surface area contributed by atoms with E-state index in [0.29, 0.717) is 11.3 Å². The lowest BCUT2D eigenvalue weighted by Gasteiger charge is -2.28. The quantitative estimate of drug-likeness (QED) is 0.782. The highest BCUT2D eigenvalue weighted by Gasteiger charge is 2.22. The fraction of sp³-hybridized carbons (Fsp3) is 0.381. The highest BCUT2D eigenvalue weighted by molar-refractivity contribution is 7.92. The Bertz CT molecular complexity index is 856. The minimum atomic E-state index is -3.67. The van der Waals surface area contributed by atoms with Crippen LogP contribution in [0, 0.1) is 5.92 Å². The molecule has 6 heteroatoms. The average molecular weight is 387 g/mol. The number of nitrogens with one attached hydrogen (secondary N) is 2. The Morgan fingerprint density at radius 2 is 1.59 bits per heavy atom. The maximum atomic E-state index is 12.4. The molecule has 1 aliphatic rings. The van der Waals surface area contributed by atoms with E-state index in [2.05, 4.69) is 17.0 Å². The molecule has 27 heavy (non-hydrogen) atoms. The first-order chi connectivity index (χ1) is 13.0. The molecule has 0 saturated heterocycles. The molecule has 144 valence electrons. The van der Waals surface area contributed by atoms with Gasteiger partial charge in [-0.1, -0.05) is 31.5 Å². The second-order valence-corrected chi connectivity index (χ2v) is 8.78. The third-order valence-electron chi connectivity index (χ3n) is 5.21. The van der Waals surface area contributed by atoms with Gasteiger partial charge in [-0.05, 0) is 68.0 Å². The van der Waals surface area contributed by atoms with Gasteiger partial charge in [0.05, 0.1) is 4.90 Å². The van der Waals surface area contributed by atoms with Crippen molar-refractivity contribution in [1.82, 2.24) is 5.32 Å². The highest BCUT2D eigenvalue weighted by Crippen LogP contribution is 2.26. The summed E-state index contributed by atoms with van der Waals surface area (Å²) in [7, 11) is -3.67. The Kier molecular flexibility index (Phi) is 6.16. The van der Waals surface area contributed by atoms with Crippen LogP contribution in [0.4, 0.5) is 5.69 Å². The van der Waals surface area contributed by atoms with Crippen molar-refractivity contribution in [2.45, 2.75) is 50.0 Å². The van der Waals surface area contributed by atoms with Gasteiger partial charge in [-0.3, -0.25) is 9.52 Å². The number of carbonyl (C=O) groups excluding carboxylic acids is 1. The van der Waals surface area contributed by atoms with Gasteiger partial charge in [0.2, 0.25) is 0 Å². The van der Waals surface area contributed by atoms with Crippen molar-refractivity contribution in [3.05, 3.63) is 60.2 Å². The van der Waals surface area contributed by atoms with Gasteiger partial charge in [-0.15, -0.1) is 0 Å². The maximum Gasteiger partial charge on any atom is 0.261 e. The zero-order chi connectivity index (χ0) is 19.3. The summed E-state index contributed by atoms with van der Waals surface area (Å²) in [4.78, 5) is 12.6. The van der Waals surface area contributed by atoms with Gasteiger partial charge in [-0.25, -0.2) is 8.42 Å². The highest BCUT2D eigenvalue weighted by atomic mass is 32.2. The first-order valence-electron chi connectivity index (χ1n) is 9.46. The minimum absolute atomic E-state index is 0.131. The molecule has 1 fully saturated rings. The number of carbonyl (C=O) groups is 1. The molecule has 2 aromatic carbocycles. The van der Waals surface area contributed by atoms with Crippen molar-refractivity contribution in [3.8, 4) is 0 Å². The Balaban J connectivity index is 1.62. The van der Waals surface area contributed by atoms with E-state index < -0.39 is 10.0 Å². The van der Waals surface area contributed by atoms with E-state index in [1.54, 1.807) is 36.4 Å². The molecule has 0 aromatic heterocycles. The molecule has 0 spiro atoms. The fourth-order valence-electron chi connectivity index (χ4n) is 3.49. The standard InChI is InChI=1S/C21H26N2O3S/c1-2-16-8-12-18(13-9-16)22-21(24)17-10-14-20(15-11-17)27(25,26)23-19-6-4-3-5-7-19/h3-7,10-11,14-16,18,23H,2,8-9,12-13H2,1H3,(H,22,24). The van der Waals surface area contributed by atoms with E-state index in [1.165, 1.54) is 18.6 Å². The number of hydrogen-bond donors (Lipinski definition) is 2. The van der Waals surface area contributed by atoms with Crippen LogP contribution in [0.25, 0.3) is 0 Å². The smallest absolute Gasteiger partial charge is 0.261 e. The predicted molar refractivity (Wildman–Crippen MR) is 107 cm³/mol. The lowest BCUT2D eigenvalue weighted by molar-refractivity contribution is 0.0921. The predicted octanol–water partition coefficient (Wildman–Crippen LogP) is 4.19. The van der Waals surface area contributed by atoms with E-state index >= 15 is 0 Å². The first kappa shape index (κ1) is 19.4. The lowest BCUT2D eigenvalue weighted by atomic mass is 9.84.